The van der Waals surface area contributed by atoms with Gasteiger partial charge in [0.1, 0.15) is 0 Å². The Bertz CT molecular complexity index is 317. The lowest BCUT2D eigenvalue weighted by atomic mass is 9.94. The number of unbranched alkanes of at least 4 members (excludes halogenated alkanes) is 1. The third kappa shape index (κ3) is 5.86. The molecule has 2 unspecified atom stereocenters. The quantitative estimate of drug-likeness (QED) is 0.598. The monoisotopic (exact) mass is 317 g/mol. The molecule has 0 aromatic carbocycles. The molecular weight excluding hydrogens is 290 g/mol. The summed E-state index contributed by atoms with van der Waals surface area (Å²) in [5.41, 5.74) is -0.0897. The summed E-state index contributed by atoms with van der Waals surface area (Å²) in [4.78, 5) is 12.0. The Morgan fingerprint density at radius 1 is 1.35 bits per heavy atom. The van der Waals surface area contributed by atoms with E-state index in [1.165, 1.54) is 25.0 Å². The zero-order valence-corrected chi connectivity index (χ0v) is 14.3. The topological polar surface area (TPSA) is 38.3 Å². The van der Waals surface area contributed by atoms with Crippen LogP contribution >= 0.6 is 21.6 Å². The molecule has 3 nitrogen and oxygen atoms in total. The summed E-state index contributed by atoms with van der Waals surface area (Å²) in [6.07, 6.45) is 7.39. The molecule has 2 aliphatic heterocycles. The van der Waals surface area contributed by atoms with Crippen LogP contribution in [0.4, 0.5) is 0 Å². The summed E-state index contributed by atoms with van der Waals surface area (Å²) in [5, 5.41) is 4.01. The molecule has 116 valence electrons. The predicted octanol–water partition coefficient (Wildman–Crippen LogP) is 3.77. The second-order valence-electron chi connectivity index (χ2n) is 6.44. The molecule has 2 aliphatic rings. The van der Waals surface area contributed by atoms with Crippen LogP contribution in [0.2, 0.25) is 0 Å². The molecule has 1 N–H and O–H groups in total. The fourth-order valence-electron chi connectivity index (χ4n) is 2.88. The largest absolute Gasteiger partial charge is 0.375 e. The highest BCUT2D eigenvalue weighted by molar-refractivity contribution is 8.77. The normalized spacial score (nSPS) is 29.3. The fourth-order valence-corrected chi connectivity index (χ4v) is 5.90. The van der Waals surface area contributed by atoms with E-state index < -0.39 is 0 Å². The van der Waals surface area contributed by atoms with Crippen LogP contribution in [0.25, 0.3) is 0 Å². The van der Waals surface area contributed by atoms with Crippen LogP contribution in [-0.2, 0) is 9.53 Å². The number of amides is 1. The van der Waals surface area contributed by atoms with Gasteiger partial charge in [0.15, 0.2) is 0 Å². The first-order valence-electron chi connectivity index (χ1n) is 7.77. The average molecular weight is 318 g/mol. The summed E-state index contributed by atoms with van der Waals surface area (Å²) in [6.45, 7) is 4.96. The van der Waals surface area contributed by atoms with Crippen molar-refractivity contribution in [2.75, 3.05) is 12.4 Å². The highest BCUT2D eigenvalue weighted by Crippen LogP contribution is 2.39. The average Bonchev–Trinajstić information content (AvgIpc) is 2.86. The van der Waals surface area contributed by atoms with Crippen LogP contribution in [0.3, 0.4) is 0 Å². The standard InChI is InChI=1S/C15H27NO2S2/c1-15(2)11-12(7-9-18-15)16-14(17)6-4-3-5-13-8-10-19-20-13/h12-13H,3-11H2,1-2H3,(H,16,17). The molecule has 0 aliphatic carbocycles. The van der Waals surface area contributed by atoms with Gasteiger partial charge in [-0.2, -0.15) is 0 Å². The summed E-state index contributed by atoms with van der Waals surface area (Å²) < 4.78 is 5.68. The molecule has 0 bridgehead atoms. The van der Waals surface area contributed by atoms with Gasteiger partial charge >= 0.3 is 0 Å². The third-order valence-corrected chi connectivity index (χ3v) is 6.98. The van der Waals surface area contributed by atoms with E-state index in [0.717, 1.165) is 31.1 Å². The minimum atomic E-state index is -0.0897. The van der Waals surface area contributed by atoms with E-state index in [-0.39, 0.29) is 11.5 Å². The Hall–Kier alpha value is 0.130. The van der Waals surface area contributed by atoms with Crippen molar-refractivity contribution in [1.29, 1.82) is 0 Å². The van der Waals surface area contributed by atoms with Crippen molar-refractivity contribution in [3.63, 3.8) is 0 Å². The van der Waals surface area contributed by atoms with Crippen LogP contribution in [0, 0.1) is 0 Å². The smallest absolute Gasteiger partial charge is 0.220 e. The van der Waals surface area contributed by atoms with Crippen molar-refractivity contribution in [3.8, 4) is 0 Å². The molecule has 0 aromatic heterocycles. The van der Waals surface area contributed by atoms with E-state index in [2.05, 4.69) is 19.2 Å². The van der Waals surface area contributed by atoms with E-state index >= 15 is 0 Å². The van der Waals surface area contributed by atoms with Gasteiger partial charge in [-0.05, 0) is 46.0 Å². The van der Waals surface area contributed by atoms with Crippen LogP contribution in [0.1, 0.15) is 58.8 Å². The Labute approximate surface area is 130 Å². The lowest BCUT2D eigenvalue weighted by molar-refractivity contribution is -0.124. The molecule has 2 atom stereocenters. The van der Waals surface area contributed by atoms with Gasteiger partial charge in [0, 0.05) is 30.1 Å². The van der Waals surface area contributed by atoms with Crippen molar-refractivity contribution in [3.05, 3.63) is 0 Å². The number of hydrogen-bond acceptors (Lipinski definition) is 4. The minimum absolute atomic E-state index is 0.0897. The first kappa shape index (κ1) is 16.5. The Morgan fingerprint density at radius 2 is 2.20 bits per heavy atom. The predicted molar refractivity (Wildman–Crippen MR) is 88.1 cm³/mol. The van der Waals surface area contributed by atoms with E-state index in [1.807, 2.05) is 21.6 Å². The lowest BCUT2D eigenvalue weighted by Gasteiger charge is -2.35. The number of carbonyl (C=O) groups is 1. The number of carbonyl (C=O) groups excluding carboxylic acids is 1. The Balaban J connectivity index is 1.55. The van der Waals surface area contributed by atoms with Crippen LogP contribution in [0.5, 0.6) is 0 Å². The van der Waals surface area contributed by atoms with Gasteiger partial charge in [-0.15, -0.1) is 0 Å². The van der Waals surface area contributed by atoms with Gasteiger partial charge in [-0.1, -0.05) is 28.0 Å². The molecule has 0 radical (unpaired) electrons. The second kappa shape index (κ2) is 7.95. The zero-order valence-electron chi connectivity index (χ0n) is 12.7. The third-order valence-electron chi connectivity index (χ3n) is 3.97. The zero-order chi connectivity index (χ0) is 14.4. The lowest BCUT2D eigenvalue weighted by Crippen LogP contribution is -2.45. The van der Waals surface area contributed by atoms with Crippen molar-refractivity contribution >= 4 is 27.5 Å². The minimum Gasteiger partial charge on any atom is -0.375 e. The maximum atomic E-state index is 12.0. The van der Waals surface area contributed by atoms with E-state index in [0.29, 0.717) is 12.5 Å². The molecule has 2 saturated heterocycles. The van der Waals surface area contributed by atoms with Crippen LogP contribution in [0.15, 0.2) is 0 Å². The van der Waals surface area contributed by atoms with Gasteiger partial charge in [-0.25, -0.2) is 0 Å². The highest BCUT2D eigenvalue weighted by atomic mass is 33.1. The molecule has 2 rings (SSSR count). The molecule has 2 fully saturated rings. The fraction of sp³-hybridized carbons (Fsp3) is 0.933. The van der Waals surface area contributed by atoms with Gasteiger partial charge in [0.25, 0.3) is 0 Å². The van der Waals surface area contributed by atoms with Crippen LogP contribution in [-0.4, -0.2) is 35.2 Å². The van der Waals surface area contributed by atoms with Gasteiger partial charge < -0.3 is 10.1 Å². The van der Waals surface area contributed by atoms with E-state index in [1.54, 1.807) is 0 Å². The van der Waals surface area contributed by atoms with E-state index in [9.17, 15) is 4.79 Å². The van der Waals surface area contributed by atoms with Crippen molar-refractivity contribution in [1.82, 2.24) is 5.32 Å². The van der Waals surface area contributed by atoms with E-state index in [4.69, 9.17) is 4.74 Å². The molecule has 2 heterocycles. The van der Waals surface area contributed by atoms with Crippen molar-refractivity contribution < 1.29 is 9.53 Å². The SMILES string of the molecule is CC1(C)CC(NC(=O)CCCCC2CCSS2)CCO1. The van der Waals surface area contributed by atoms with Crippen LogP contribution < -0.4 is 5.32 Å². The molecular formula is C15H27NO2S2. The highest BCUT2D eigenvalue weighted by Gasteiger charge is 2.29. The summed E-state index contributed by atoms with van der Waals surface area (Å²) in [6, 6.07) is 0.299. The maximum Gasteiger partial charge on any atom is 0.220 e. The summed E-state index contributed by atoms with van der Waals surface area (Å²) in [5.74, 6) is 1.52. The molecule has 1 amide bonds. The molecule has 0 saturated carbocycles. The molecule has 0 aromatic rings. The number of hydrogen-bond donors (Lipinski definition) is 1. The van der Waals surface area contributed by atoms with Crippen molar-refractivity contribution in [2.45, 2.75) is 75.7 Å². The molecule has 5 heteroatoms. The van der Waals surface area contributed by atoms with Crippen molar-refractivity contribution in [2.24, 2.45) is 0 Å². The number of ether oxygens (including phenoxy) is 1. The first-order chi connectivity index (χ1) is 9.55. The molecule has 0 spiro atoms. The number of nitrogens with one attached hydrogen (secondary N) is 1. The number of rotatable bonds is 6. The Kier molecular flexibility index (Phi) is 6.56. The Morgan fingerprint density at radius 3 is 2.90 bits per heavy atom. The van der Waals surface area contributed by atoms with Gasteiger partial charge in [0.2, 0.25) is 5.91 Å². The second-order valence-corrected chi connectivity index (χ2v) is 9.23. The summed E-state index contributed by atoms with van der Waals surface area (Å²) >= 11 is 0. The first-order valence-corrected chi connectivity index (χ1v) is 10.1. The summed E-state index contributed by atoms with van der Waals surface area (Å²) in [7, 11) is 4.03. The molecule has 20 heavy (non-hydrogen) atoms. The van der Waals surface area contributed by atoms with Gasteiger partial charge in [0.05, 0.1) is 5.60 Å². The maximum absolute atomic E-state index is 12.0. The van der Waals surface area contributed by atoms with Gasteiger partial charge in [-0.3, -0.25) is 4.79 Å².